The third kappa shape index (κ3) is 5.09. The summed E-state index contributed by atoms with van der Waals surface area (Å²) in [6.45, 7) is 2.52. The highest BCUT2D eigenvalue weighted by Crippen LogP contribution is 2.29. The molecule has 1 heterocycles. The summed E-state index contributed by atoms with van der Waals surface area (Å²) >= 11 is 0. The van der Waals surface area contributed by atoms with Gasteiger partial charge in [-0.1, -0.05) is 13.0 Å². The number of rotatable bonds is 6. The summed E-state index contributed by atoms with van der Waals surface area (Å²) in [5.74, 6) is -1.29. The third-order valence-electron chi connectivity index (χ3n) is 3.84. The first-order valence-electron chi connectivity index (χ1n) is 7.83. The standard InChI is InChI=1S/C16H20F3N3O3/c1-10(9-20-2)14(23)21-13-6-7-22(15(13)24)11-4-3-5-12(8-11)25-16(17,18)19/h3-5,8,10,13,20H,6-7,9H2,1-2H3,(H,21,23). The largest absolute Gasteiger partial charge is 0.573 e. The molecule has 138 valence electrons. The maximum Gasteiger partial charge on any atom is 0.573 e. The SMILES string of the molecule is CNCC(C)C(=O)NC1CCN(c2cccc(OC(F)(F)F)c2)C1=O. The average molecular weight is 359 g/mol. The molecule has 2 rings (SSSR count). The lowest BCUT2D eigenvalue weighted by molar-refractivity contribution is -0.274. The van der Waals surface area contributed by atoms with Crippen LogP contribution in [0.25, 0.3) is 0 Å². The van der Waals surface area contributed by atoms with E-state index >= 15 is 0 Å². The number of anilines is 1. The van der Waals surface area contributed by atoms with Gasteiger partial charge in [0.05, 0.1) is 0 Å². The zero-order chi connectivity index (χ0) is 18.6. The molecular weight excluding hydrogens is 339 g/mol. The fourth-order valence-corrected chi connectivity index (χ4v) is 2.63. The zero-order valence-corrected chi connectivity index (χ0v) is 13.9. The molecular formula is C16H20F3N3O3. The molecule has 2 atom stereocenters. The van der Waals surface area contributed by atoms with Crippen LogP contribution in [0.1, 0.15) is 13.3 Å². The number of benzene rings is 1. The first-order valence-corrected chi connectivity index (χ1v) is 7.83. The van der Waals surface area contributed by atoms with Gasteiger partial charge in [0.2, 0.25) is 11.8 Å². The summed E-state index contributed by atoms with van der Waals surface area (Å²) in [7, 11) is 1.72. The predicted molar refractivity (Wildman–Crippen MR) is 85.1 cm³/mol. The molecule has 2 amide bonds. The molecule has 0 aromatic heterocycles. The van der Waals surface area contributed by atoms with Crippen LogP contribution in [-0.2, 0) is 9.59 Å². The van der Waals surface area contributed by atoms with Crippen molar-refractivity contribution in [1.29, 1.82) is 0 Å². The summed E-state index contributed by atoms with van der Waals surface area (Å²) in [6, 6.07) is 4.54. The van der Waals surface area contributed by atoms with Crippen molar-refractivity contribution < 1.29 is 27.5 Å². The van der Waals surface area contributed by atoms with Crippen molar-refractivity contribution in [1.82, 2.24) is 10.6 Å². The number of carbonyl (C=O) groups excluding carboxylic acids is 2. The van der Waals surface area contributed by atoms with Crippen molar-refractivity contribution in [3.8, 4) is 5.75 Å². The van der Waals surface area contributed by atoms with Crippen LogP contribution < -0.4 is 20.3 Å². The molecule has 0 saturated carbocycles. The Hall–Kier alpha value is -2.29. The van der Waals surface area contributed by atoms with Crippen molar-refractivity contribution in [3.05, 3.63) is 24.3 Å². The molecule has 1 saturated heterocycles. The van der Waals surface area contributed by atoms with Crippen LogP contribution in [-0.4, -0.2) is 44.4 Å². The molecule has 25 heavy (non-hydrogen) atoms. The summed E-state index contributed by atoms with van der Waals surface area (Å²) in [5.41, 5.74) is 0.298. The van der Waals surface area contributed by atoms with Crippen LogP contribution in [0.5, 0.6) is 5.75 Å². The highest BCUT2D eigenvalue weighted by molar-refractivity contribution is 6.01. The maximum absolute atomic E-state index is 12.5. The number of nitrogens with zero attached hydrogens (tertiary/aromatic N) is 1. The van der Waals surface area contributed by atoms with E-state index < -0.39 is 18.2 Å². The van der Waals surface area contributed by atoms with Gasteiger partial charge in [-0.3, -0.25) is 9.59 Å². The van der Waals surface area contributed by atoms with Crippen LogP contribution in [0.2, 0.25) is 0 Å². The van der Waals surface area contributed by atoms with Crippen molar-refractivity contribution in [2.24, 2.45) is 5.92 Å². The quantitative estimate of drug-likeness (QED) is 0.811. The Morgan fingerprint density at radius 2 is 2.16 bits per heavy atom. The molecule has 2 unspecified atom stereocenters. The Morgan fingerprint density at radius 3 is 2.80 bits per heavy atom. The van der Waals surface area contributed by atoms with E-state index in [1.807, 2.05) is 0 Å². The van der Waals surface area contributed by atoms with Gasteiger partial charge in [-0.25, -0.2) is 0 Å². The van der Waals surface area contributed by atoms with Crippen LogP contribution in [0.3, 0.4) is 0 Å². The number of halogens is 3. The topological polar surface area (TPSA) is 70.7 Å². The second kappa shape index (κ2) is 7.73. The summed E-state index contributed by atoms with van der Waals surface area (Å²) in [5, 5.41) is 5.57. The van der Waals surface area contributed by atoms with E-state index in [4.69, 9.17) is 0 Å². The smallest absolute Gasteiger partial charge is 0.406 e. The van der Waals surface area contributed by atoms with Crippen LogP contribution in [0, 0.1) is 5.92 Å². The van der Waals surface area contributed by atoms with Gasteiger partial charge in [-0.15, -0.1) is 13.2 Å². The van der Waals surface area contributed by atoms with Gasteiger partial charge in [0.15, 0.2) is 0 Å². The van der Waals surface area contributed by atoms with E-state index in [-0.39, 0.29) is 17.7 Å². The summed E-state index contributed by atoms with van der Waals surface area (Å²) < 4.78 is 40.8. The van der Waals surface area contributed by atoms with Gasteiger partial charge >= 0.3 is 6.36 Å². The zero-order valence-electron chi connectivity index (χ0n) is 13.9. The van der Waals surface area contributed by atoms with Gasteiger partial charge in [0.25, 0.3) is 0 Å². The molecule has 0 radical (unpaired) electrons. The minimum atomic E-state index is -4.80. The van der Waals surface area contributed by atoms with Crippen molar-refractivity contribution in [3.63, 3.8) is 0 Å². The van der Waals surface area contributed by atoms with Crippen molar-refractivity contribution >= 4 is 17.5 Å². The molecule has 1 aromatic rings. The fourth-order valence-electron chi connectivity index (χ4n) is 2.63. The second-order valence-electron chi connectivity index (χ2n) is 5.84. The molecule has 1 fully saturated rings. The van der Waals surface area contributed by atoms with Crippen LogP contribution >= 0.6 is 0 Å². The van der Waals surface area contributed by atoms with Gasteiger partial charge < -0.3 is 20.3 Å². The van der Waals surface area contributed by atoms with E-state index in [0.29, 0.717) is 25.2 Å². The number of hydrogen-bond acceptors (Lipinski definition) is 4. The Labute approximate surface area is 143 Å². The lowest BCUT2D eigenvalue weighted by Crippen LogP contribution is -2.45. The Kier molecular flexibility index (Phi) is 5.89. The van der Waals surface area contributed by atoms with E-state index in [2.05, 4.69) is 15.4 Å². The summed E-state index contributed by atoms with van der Waals surface area (Å²) in [4.78, 5) is 25.8. The van der Waals surface area contributed by atoms with Crippen LogP contribution in [0.4, 0.5) is 18.9 Å². The highest BCUT2D eigenvalue weighted by atomic mass is 19.4. The minimum absolute atomic E-state index is 0.247. The van der Waals surface area contributed by atoms with Gasteiger partial charge in [0, 0.05) is 30.8 Å². The number of nitrogens with one attached hydrogen (secondary N) is 2. The average Bonchev–Trinajstić information content (AvgIpc) is 2.87. The molecule has 1 aliphatic heterocycles. The molecule has 0 aliphatic carbocycles. The van der Waals surface area contributed by atoms with Gasteiger partial charge in [0.1, 0.15) is 11.8 Å². The minimum Gasteiger partial charge on any atom is -0.406 e. The Morgan fingerprint density at radius 1 is 1.44 bits per heavy atom. The van der Waals surface area contributed by atoms with Crippen molar-refractivity contribution in [2.75, 3.05) is 25.0 Å². The number of alkyl halides is 3. The lowest BCUT2D eigenvalue weighted by atomic mass is 10.1. The lowest BCUT2D eigenvalue weighted by Gasteiger charge is -2.19. The van der Waals surface area contributed by atoms with E-state index in [0.717, 1.165) is 12.1 Å². The maximum atomic E-state index is 12.5. The van der Waals surface area contributed by atoms with E-state index in [1.165, 1.54) is 17.0 Å². The molecule has 1 aliphatic rings. The molecule has 9 heteroatoms. The van der Waals surface area contributed by atoms with Crippen LogP contribution in [0.15, 0.2) is 24.3 Å². The number of carbonyl (C=O) groups is 2. The monoisotopic (exact) mass is 359 g/mol. The molecule has 0 spiro atoms. The van der Waals surface area contributed by atoms with Gasteiger partial charge in [-0.2, -0.15) is 0 Å². The van der Waals surface area contributed by atoms with Crippen molar-refractivity contribution in [2.45, 2.75) is 25.7 Å². The third-order valence-corrected chi connectivity index (χ3v) is 3.84. The molecule has 6 nitrogen and oxygen atoms in total. The molecule has 2 N–H and O–H groups in total. The predicted octanol–water partition coefficient (Wildman–Crippen LogP) is 1.66. The fraction of sp³-hybridized carbons (Fsp3) is 0.500. The molecule has 1 aromatic carbocycles. The summed E-state index contributed by atoms with van der Waals surface area (Å²) in [6.07, 6.45) is -4.41. The second-order valence-corrected chi connectivity index (χ2v) is 5.84. The first kappa shape index (κ1) is 19.0. The highest BCUT2D eigenvalue weighted by Gasteiger charge is 2.35. The Bertz CT molecular complexity index is 637. The number of hydrogen-bond donors (Lipinski definition) is 2. The molecule has 0 bridgehead atoms. The first-order chi connectivity index (χ1) is 11.7. The van der Waals surface area contributed by atoms with Gasteiger partial charge in [-0.05, 0) is 25.6 Å². The normalized spacial score (nSPS) is 19.0. The Balaban J connectivity index is 2.04. The van der Waals surface area contributed by atoms with E-state index in [1.54, 1.807) is 14.0 Å². The number of amides is 2. The number of ether oxygens (including phenoxy) is 1. The van der Waals surface area contributed by atoms with E-state index in [9.17, 15) is 22.8 Å².